The maximum atomic E-state index is 12.9. The van der Waals surface area contributed by atoms with Gasteiger partial charge in [-0.05, 0) is 43.0 Å². The van der Waals surface area contributed by atoms with Gasteiger partial charge in [0.1, 0.15) is 6.04 Å². The summed E-state index contributed by atoms with van der Waals surface area (Å²) in [5.74, 6) is -0.327. The lowest BCUT2D eigenvalue weighted by Gasteiger charge is -2.20. The molecule has 0 aromatic heterocycles. The SMILES string of the molecule is CCc1ccccc1N[C@@H]1CC(=O)N(c2c(C)cccc2C)C1=O. The molecular weight excluding hydrogens is 300 g/mol. The van der Waals surface area contributed by atoms with Gasteiger partial charge in [-0.15, -0.1) is 0 Å². The summed E-state index contributed by atoms with van der Waals surface area (Å²) < 4.78 is 0. The van der Waals surface area contributed by atoms with Crippen molar-refractivity contribution in [3.63, 3.8) is 0 Å². The van der Waals surface area contributed by atoms with E-state index in [1.165, 1.54) is 4.90 Å². The van der Waals surface area contributed by atoms with E-state index in [1.54, 1.807) is 0 Å². The van der Waals surface area contributed by atoms with E-state index in [9.17, 15) is 9.59 Å². The van der Waals surface area contributed by atoms with Gasteiger partial charge in [0.15, 0.2) is 0 Å². The van der Waals surface area contributed by atoms with Crippen LogP contribution < -0.4 is 10.2 Å². The van der Waals surface area contributed by atoms with E-state index in [0.29, 0.717) is 0 Å². The highest BCUT2D eigenvalue weighted by Crippen LogP contribution is 2.31. The topological polar surface area (TPSA) is 49.4 Å². The fourth-order valence-corrected chi connectivity index (χ4v) is 3.30. The average Bonchev–Trinajstić information content (AvgIpc) is 2.83. The fourth-order valence-electron chi connectivity index (χ4n) is 3.30. The molecule has 4 heteroatoms. The molecule has 1 aliphatic rings. The zero-order valence-corrected chi connectivity index (χ0v) is 14.3. The van der Waals surface area contributed by atoms with E-state index >= 15 is 0 Å². The number of imide groups is 1. The van der Waals surface area contributed by atoms with Crippen molar-refractivity contribution in [2.45, 2.75) is 39.7 Å². The van der Waals surface area contributed by atoms with Gasteiger partial charge in [-0.2, -0.15) is 0 Å². The lowest BCUT2D eigenvalue weighted by molar-refractivity contribution is -0.121. The first-order valence-corrected chi connectivity index (χ1v) is 8.30. The summed E-state index contributed by atoms with van der Waals surface area (Å²) in [6, 6.07) is 13.2. The Labute approximate surface area is 142 Å². The summed E-state index contributed by atoms with van der Waals surface area (Å²) >= 11 is 0. The van der Waals surface area contributed by atoms with Gasteiger partial charge in [-0.3, -0.25) is 9.59 Å². The molecule has 0 radical (unpaired) electrons. The molecule has 0 spiro atoms. The first-order chi connectivity index (χ1) is 11.5. The lowest BCUT2D eigenvalue weighted by Crippen LogP contribution is -2.35. The number of anilines is 2. The molecule has 1 aliphatic heterocycles. The van der Waals surface area contributed by atoms with Crippen LogP contribution in [0.2, 0.25) is 0 Å². The van der Waals surface area contributed by atoms with E-state index in [-0.39, 0.29) is 18.2 Å². The second-order valence-electron chi connectivity index (χ2n) is 6.22. The summed E-state index contributed by atoms with van der Waals surface area (Å²) in [4.78, 5) is 26.7. The van der Waals surface area contributed by atoms with Crippen LogP contribution >= 0.6 is 0 Å². The van der Waals surface area contributed by atoms with Crippen molar-refractivity contribution >= 4 is 23.2 Å². The number of amides is 2. The van der Waals surface area contributed by atoms with Gasteiger partial charge >= 0.3 is 0 Å². The van der Waals surface area contributed by atoms with Crippen LogP contribution in [0.4, 0.5) is 11.4 Å². The number of aryl methyl sites for hydroxylation is 3. The number of nitrogens with zero attached hydrogens (tertiary/aromatic N) is 1. The number of rotatable bonds is 4. The van der Waals surface area contributed by atoms with Gasteiger partial charge in [-0.25, -0.2) is 4.90 Å². The van der Waals surface area contributed by atoms with Gasteiger partial charge in [0.05, 0.1) is 12.1 Å². The van der Waals surface area contributed by atoms with Crippen LogP contribution in [0, 0.1) is 13.8 Å². The van der Waals surface area contributed by atoms with Gasteiger partial charge in [0.2, 0.25) is 5.91 Å². The monoisotopic (exact) mass is 322 g/mol. The van der Waals surface area contributed by atoms with Gasteiger partial charge in [-0.1, -0.05) is 43.3 Å². The molecule has 1 heterocycles. The molecule has 2 aromatic rings. The molecule has 0 aliphatic carbocycles. The number of nitrogens with one attached hydrogen (secondary N) is 1. The molecular formula is C20H22N2O2. The number of carbonyl (C=O) groups excluding carboxylic acids is 2. The maximum absolute atomic E-state index is 12.9. The minimum absolute atomic E-state index is 0.149. The first kappa shape index (κ1) is 16.2. The minimum atomic E-state index is -0.510. The molecule has 1 fully saturated rings. The molecule has 24 heavy (non-hydrogen) atoms. The Morgan fingerprint density at radius 2 is 1.71 bits per heavy atom. The maximum Gasteiger partial charge on any atom is 0.256 e. The highest BCUT2D eigenvalue weighted by atomic mass is 16.2. The molecule has 2 aromatic carbocycles. The zero-order valence-electron chi connectivity index (χ0n) is 14.3. The standard InChI is InChI=1S/C20H22N2O2/c1-4-15-10-5-6-11-16(15)21-17-12-18(23)22(20(17)24)19-13(2)8-7-9-14(19)3/h5-11,17,21H,4,12H2,1-3H3/t17-/m1/s1. The molecule has 0 unspecified atom stereocenters. The second-order valence-corrected chi connectivity index (χ2v) is 6.22. The molecule has 0 bridgehead atoms. The molecule has 1 N–H and O–H groups in total. The van der Waals surface area contributed by atoms with Gasteiger partial charge in [0.25, 0.3) is 5.91 Å². The Morgan fingerprint density at radius 3 is 2.38 bits per heavy atom. The molecule has 2 amide bonds. The molecule has 0 saturated carbocycles. The Morgan fingerprint density at radius 1 is 1.04 bits per heavy atom. The molecule has 4 nitrogen and oxygen atoms in total. The summed E-state index contributed by atoms with van der Waals surface area (Å²) in [5.41, 5.74) is 4.66. The first-order valence-electron chi connectivity index (χ1n) is 8.30. The number of hydrogen-bond acceptors (Lipinski definition) is 3. The van der Waals surface area contributed by atoms with Crippen LogP contribution in [0.25, 0.3) is 0 Å². The number of carbonyl (C=O) groups is 2. The van der Waals surface area contributed by atoms with E-state index in [4.69, 9.17) is 0 Å². The summed E-state index contributed by atoms with van der Waals surface area (Å²) in [6.07, 6.45) is 1.06. The van der Waals surface area contributed by atoms with Crippen LogP contribution in [0.15, 0.2) is 42.5 Å². The Kier molecular flexibility index (Phi) is 4.38. The van der Waals surface area contributed by atoms with Crippen LogP contribution in [-0.2, 0) is 16.0 Å². The van der Waals surface area contributed by atoms with Crippen LogP contribution in [-0.4, -0.2) is 17.9 Å². The summed E-state index contributed by atoms with van der Waals surface area (Å²) in [7, 11) is 0. The van der Waals surface area contributed by atoms with Gasteiger partial charge in [0, 0.05) is 5.69 Å². The van der Waals surface area contributed by atoms with Crippen molar-refractivity contribution in [1.29, 1.82) is 0 Å². The molecule has 1 atom stereocenters. The normalized spacial score (nSPS) is 17.5. The number of hydrogen-bond donors (Lipinski definition) is 1. The Balaban J connectivity index is 1.90. The average molecular weight is 322 g/mol. The van der Waals surface area contributed by atoms with E-state index in [1.807, 2.05) is 56.3 Å². The quantitative estimate of drug-likeness (QED) is 0.875. The van der Waals surface area contributed by atoms with Crippen molar-refractivity contribution in [2.75, 3.05) is 10.2 Å². The number of benzene rings is 2. The highest BCUT2D eigenvalue weighted by Gasteiger charge is 2.40. The highest BCUT2D eigenvalue weighted by molar-refractivity contribution is 6.23. The third-order valence-corrected chi connectivity index (χ3v) is 4.54. The zero-order chi connectivity index (χ0) is 17.3. The molecule has 1 saturated heterocycles. The van der Waals surface area contributed by atoms with Crippen LogP contribution in [0.5, 0.6) is 0 Å². The van der Waals surface area contributed by atoms with Crippen molar-refractivity contribution in [3.8, 4) is 0 Å². The largest absolute Gasteiger partial charge is 0.373 e. The molecule has 3 rings (SSSR count). The predicted molar refractivity (Wildman–Crippen MR) is 96.3 cm³/mol. The Bertz CT molecular complexity index is 778. The number of para-hydroxylation sites is 2. The van der Waals surface area contributed by atoms with Crippen molar-refractivity contribution < 1.29 is 9.59 Å². The smallest absolute Gasteiger partial charge is 0.256 e. The van der Waals surface area contributed by atoms with Crippen molar-refractivity contribution in [2.24, 2.45) is 0 Å². The Hall–Kier alpha value is -2.62. The van der Waals surface area contributed by atoms with Crippen molar-refractivity contribution in [3.05, 3.63) is 59.2 Å². The predicted octanol–water partition coefficient (Wildman–Crippen LogP) is 3.61. The van der Waals surface area contributed by atoms with Gasteiger partial charge < -0.3 is 5.32 Å². The summed E-state index contributed by atoms with van der Waals surface area (Å²) in [5, 5.41) is 3.27. The van der Waals surface area contributed by atoms with E-state index < -0.39 is 6.04 Å². The lowest BCUT2D eigenvalue weighted by atomic mass is 10.1. The third-order valence-electron chi connectivity index (χ3n) is 4.54. The van der Waals surface area contributed by atoms with E-state index in [0.717, 1.165) is 34.5 Å². The second kappa shape index (κ2) is 6.48. The summed E-state index contributed by atoms with van der Waals surface area (Å²) in [6.45, 7) is 5.93. The molecule has 124 valence electrons. The van der Waals surface area contributed by atoms with E-state index in [2.05, 4.69) is 12.2 Å². The van der Waals surface area contributed by atoms with Crippen molar-refractivity contribution in [1.82, 2.24) is 0 Å². The third kappa shape index (κ3) is 2.80. The van der Waals surface area contributed by atoms with Crippen LogP contribution in [0.1, 0.15) is 30.0 Å². The minimum Gasteiger partial charge on any atom is -0.373 e. The van der Waals surface area contributed by atoms with Crippen LogP contribution in [0.3, 0.4) is 0 Å². The fraction of sp³-hybridized carbons (Fsp3) is 0.300.